The molecule has 2 aromatic carbocycles. The van der Waals surface area contributed by atoms with Gasteiger partial charge in [0.15, 0.2) is 5.75 Å². The number of aliphatic carboxylic acids is 1. The number of benzene rings is 2. The summed E-state index contributed by atoms with van der Waals surface area (Å²) in [5.74, 6) is -1.32. The molecule has 1 aromatic heterocycles. The monoisotopic (exact) mass is 708 g/mol. The molecule has 0 saturated carbocycles. The number of aromatic nitrogens is 2. The molecule has 0 fully saturated rings. The Bertz CT molecular complexity index is 1610. The third kappa shape index (κ3) is 8.83. The number of methoxy groups -OCH3 is 1. The van der Waals surface area contributed by atoms with E-state index in [1.54, 1.807) is 6.92 Å². The van der Waals surface area contributed by atoms with Gasteiger partial charge in [0.1, 0.15) is 0 Å². The Balaban J connectivity index is 1.89. The molecule has 2 heterocycles. The van der Waals surface area contributed by atoms with Crippen molar-refractivity contribution in [1.29, 1.82) is 0 Å². The fourth-order valence-electron chi connectivity index (χ4n) is 5.47. The van der Waals surface area contributed by atoms with Crippen molar-refractivity contribution < 1.29 is 63.7 Å². The van der Waals surface area contributed by atoms with Crippen LogP contribution < -0.4 is 14.5 Å². The second kappa shape index (κ2) is 14.4. The lowest BCUT2D eigenvalue weighted by atomic mass is 9.87. The molecule has 49 heavy (non-hydrogen) atoms. The van der Waals surface area contributed by atoms with Crippen molar-refractivity contribution in [2.75, 3.05) is 23.5 Å². The van der Waals surface area contributed by atoms with Crippen molar-refractivity contribution in [2.24, 2.45) is 0 Å². The van der Waals surface area contributed by atoms with Crippen molar-refractivity contribution in [3.63, 3.8) is 0 Å². The van der Waals surface area contributed by atoms with Gasteiger partial charge >= 0.3 is 30.6 Å². The van der Waals surface area contributed by atoms with E-state index in [-0.39, 0.29) is 61.3 Å². The minimum absolute atomic E-state index is 0.0219. The van der Waals surface area contributed by atoms with Gasteiger partial charge in [0.05, 0.1) is 54.5 Å². The van der Waals surface area contributed by atoms with E-state index in [4.69, 9.17) is 14.6 Å². The maximum absolute atomic E-state index is 13.9. The molecule has 0 radical (unpaired) electrons. The van der Waals surface area contributed by atoms with E-state index < -0.39 is 71.5 Å². The molecule has 1 amide bonds. The van der Waals surface area contributed by atoms with E-state index in [1.807, 2.05) is 0 Å². The van der Waals surface area contributed by atoms with Crippen LogP contribution in [0.5, 0.6) is 5.75 Å². The molecule has 18 heteroatoms. The van der Waals surface area contributed by atoms with Gasteiger partial charge in [-0.2, -0.15) is 39.5 Å². The maximum Gasteiger partial charge on any atom is 0.416 e. The number of ether oxygens (including phenoxy) is 2. The predicted octanol–water partition coefficient (Wildman–Crippen LogP) is 8.28. The molecule has 0 spiro atoms. The van der Waals surface area contributed by atoms with E-state index in [9.17, 15) is 49.1 Å². The summed E-state index contributed by atoms with van der Waals surface area (Å²) >= 11 is 0. The van der Waals surface area contributed by atoms with E-state index in [0.29, 0.717) is 12.1 Å². The van der Waals surface area contributed by atoms with Gasteiger partial charge in [0, 0.05) is 19.0 Å². The molecular formula is C31H29F9N4O5. The molecule has 9 nitrogen and oxygen atoms in total. The van der Waals surface area contributed by atoms with E-state index in [0.717, 1.165) is 42.6 Å². The molecular weight excluding hydrogens is 679 g/mol. The average molecular weight is 709 g/mol. The number of hydrogen-bond donors (Lipinski definition) is 1. The first-order chi connectivity index (χ1) is 22.8. The highest BCUT2D eigenvalue weighted by atomic mass is 19.4. The molecule has 4 rings (SSSR count). The highest BCUT2D eigenvalue weighted by Gasteiger charge is 2.42. The molecule has 1 N–H and O–H groups in total. The van der Waals surface area contributed by atoms with Crippen molar-refractivity contribution in [3.8, 4) is 5.75 Å². The zero-order valence-corrected chi connectivity index (χ0v) is 25.8. The minimum atomic E-state index is -5.18. The lowest BCUT2D eigenvalue weighted by Gasteiger charge is -2.44. The molecule has 0 unspecified atom stereocenters. The number of fused-ring (bicyclic) bond motifs is 1. The summed E-state index contributed by atoms with van der Waals surface area (Å²) in [4.78, 5) is 34.3. The van der Waals surface area contributed by atoms with Gasteiger partial charge in [-0.1, -0.05) is 6.92 Å². The first-order valence-electron chi connectivity index (χ1n) is 14.6. The van der Waals surface area contributed by atoms with E-state index in [2.05, 4.69) is 9.97 Å². The number of nitrogens with zero attached hydrogens (tertiary/aromatic N) is 4. The number of carbonyl (C=O) groups is 2. The smallest absolute Gasteiger partial charge is 0.416 e. The van der Waals surface area contributed by atoms with Gasteiger partial charge < -0.3 is 19.5 Å². The lowest BCUT2D eigenvalue weighted by molar-refractivity contribution is -0.143. The summed E-state index contributed by atoms with van der Waals surface area (Å²) in [5, 5.41) is 8.80. The van der Waals surface area contributed by atoms with Crippen LogP contribution in [0.25, 0.3) is 0 Å². The number of hydrogen-bond acceptors (Lipinski definition) is 7. The third-order valence-electron chi connectivity index (χ3n) is 7.73. The van der Waals surface area contributed by atoms with E-state index in [1.165, 1.54) is 4.90 Å². The molecule has 0 aliphatic carbocycles. The maximum atomic E-state index is 13.9. The summed E-state index contributed by atoms with van der Waals surface area (Å²) in [6.07, 6.45) is -13.9. The summed E-state index contributed by atoms with van der Waals surface area (Å²) in [6, 6.07) is 1.52. The quantitative estimate of drug-likeness (QED) is 0.166. The van der Waals surface area contributed by atoms with Crippen LogP contribution in [0.15, 0.2) is 48.8 Å². The summed E-state index contributed by atoms with van der Waals surface area (Å²) < 4.78 is 135. The van der Waals surface area contributed by atoms with Crippen molar-refractivity contribution in [1.82, 2.24) is 9.97 Å². The average Bonchev–Trinajstić information content (AvgIpc) is 3.03. The fourth-order valence-corrected chi connectivity index (χ4v) is 5.47. The number of rotatable bonds is 10. The van der Waals surface area contributed by atoms with Crippen molar-refractivity contribution in [3.05, 3.63) is 76.6 Å². The Morgan fingerprint density at radius 2 is 1.51 bits per heavy atom. The Morgan fingerprint density at radius 1 is 0.918 bits per heavy atom. The largest absolute Gasteiger partial charge is 0.490 e. The van der Waals surface area contributed by atoms with Gasteiger partial charge in [-0.3, -0.25) is 9.69 Å². The van der Waals surface area contributed by atoms with Crippen molar-refractivity contribution >= 4 is 23.7 Å². The van der Waals surface area contributed by atoms with Crippen LogP contribution in [0.3, 0.4) is 0 Å². The lowest BCUT2D eigenvalue weighted by Crippen LogP contribution is -2.48. The number of carboxylic acids is 1. The molecule has 1 aliphatic rings. The minimum Gasteiger partial charge on any atom is -0.490 e. The number of carbonyl (C=O) groups excluding carboxylic acids is 1. The number of anilines is 2. The van der Waals surface area contributed by atoms with E-state index >= 15 is 0 Å². The summed E-state index contributed by atoms with van der Waals surface area (Å²) in [7, 11) is 1.07. The SMILES string of the molecule is CC[C@@H]1C[C@H](N(Cc2cc(C(F)(F)F)cc(C(F)(F)F)c2)c2ncc(OCCCC(=O)O)cn2)c2cc(C(F)(F)F)ccc2N1C(=O)OC. The molecule has 0 bridgehead atoms. The standard InChI is InChI=1S/C31H29F9N4O5/c1-3-21-13-25(23-12-18(29(32,33)34)6-7-24(23)44(21)28(47)48-2)43(27-41-14-22(15-42-27)49-8-4-5-26(45)46)16-17-9-19(30(35,36)37)11-20(10-17)31(38,39)40/h6-7,9-12,14-15,21,25H,3-5,8,13,16H2,1-2H3,(H,45,46)/t21-,25+/m1/s1. The van der Waals surface area contributed by atoms with Gasteiger partial charge in [0.25, 0.3) is 0 Å². The summed E-state index contributed by atoms with van der Waals surface area (Å²) in [5.41, 5.74) is -4.99. The summed E-state index contributed by atoms with van der Waals surface area (Å²) in [6.45, 7) is 0.883. The van der Waals surface area contributed by atoms with Crippen LogP contribution in [0, 0.1) is 0 Å². The Hall–Kier alpha value is -4.77. The Kier molecular flexibility index (Phi) is 10.9. The zero-order valence-electron chi connectivity index (χ0n) is 25.8. The predicted molar refractivity (Wildman–Crippen MR) is 155 cm³/mol. The number of amides is 1. The molecule has 3 aromatic rings. The molecule has 0 saturated heterocycles. The van der Waals surface area contributed by atoms with Crippen LogP contribution in [-0.4, -0.2) is 46.9 Å². The third-order valence-corrected chi connectivity index (χ3v) is 7.73. The normalized spacial score (nSPS) is 16.6. The molecule has 2 atom stereocenters. The highest BCUT2D eigenvalue weighted by Crippen LogP contribution is 2.46. The number of carboxylic acid groups (broad SMARTS) is 1. The first-order valence-corrected chi connectivity index (χ1v) is 14.6. The van der Waals surface area contributed by atoms with Gasteiger partial charge in [-0.15, -0.1) is 0 Å². The van der Waals surface area contributed by atoms with Gasteiger partial charge in [-0.05, 0) is 66.8 Å². The van der Waals surface area contributed by atoms with Crippen LogP contribution in [0.4, 0.5) is 55.9 Å². The number of alkyl halides is 9. The topological polar surface area (TPSA) is 105 Å². The van der Waals surface area contributed by atoms with Crippen LogP contribution in [-0.2, 0) is 34.6 Å². The highest BCUT2D eigenvalue weighted by molar-refractivity contribution is 5.90. The van der Waals surface area contributed by atoms with Crippen LogP contribution >= 0.6 is 0 Å². The second-order valence-electron chi connectivity index (χ2n) is 11.0. The van der Waals surface area contributed by atoms with Crippen LogP contribution in [0.1, 0.15) is 66.5 Å². The van der Waals surface area contributed by atoms with Crippen molar-refractivity contribution in [2.45, 2.75) is 69.8 Å². The Morgan fingerprint density at radius 3 is 2.02 bits per heavy atom. The number of halogens is 9. The first kappa shape index (κ1) is 37.1. The molecule has 266 valence electrons. The zero-order chi connectivity index (χ0) is 36.3. The van der Waals surface area contributed by atoms with Gasteiger partial charge in [0.2, 0.25) is 5.95 Å². The second-order valence-corrected chi connectivity index (χ2v) is 11.0. The van der Waals surface area contributed by atoms with Crippen LogP contribution in [0.2, 0.25) is 0 Å². The Labute approximate surface area is 273 Å². The molecule has 1 aliphatic heterocycles. The van der Waals surface area contributed by atoms with Gasteiger partial charge in [-0.25, -0.2) is 14.8 Å². The fraction of sp³-hybridized carbons (Fsp3) is 0.419.